The number of hydrogen-bond acceptors (Lipinski definition) is 5. The lowest BCUT2D eigenvalue weighted by atomic mass is 10.2. The molecule has 0 radical (unpaired) electrons. The number of halogens is 1. The number of aromatic amines is 1. The van der Waals surface area contributed by atoms with E-state index in [1.807, 2.05) is 36.0 Å². The first kappa shape index (κ1) is 16.5. The molecule has 1 unspecified atom stereocenters. The highest BCUT2D eigenvalue weighted by atomic mass is 79.9. The first-order valence-electron chi connectivity index (χ1n) is 7.46. The lowest BCUT2D eigenvalue weighted by Crippen LogP contribution is -2.41. The maximum Gasteiger partial charge on any atom is 0.221 e. The Labute approximate surface area is 147 Å². The second-order valence-corrected chi connectivity index (χ2v) is 7.38. The van der Waals surface area contributed by atoms with Gasteiger partial charge in [-0.15, -0.1) is 0 Å². The zero-order valence-electron chi connectivity index (χ0n) is 12.5. The molecular formula is C15H18BrN5OS. The average Bonchev–Trinajstić information content (AvgIpc) is 3.04. The number of rotatable bonds is 5. The van der Waals surface area contributed by atoms with Crippen LogP contribution in [0.1, 0.15) is 12.2 Å². The molecule has 6 nitrogen and oxygen atoms in total. The number of carbonyl (C=O) groups excluding carboxylic acids is 1. The Morgan fingerprint density at radius 2 is 2.22 bits per heavy atom. The molecular weight excluding hydrogens is 378 g/mol. The summed E-state index contributed by atoms with van der Waals surface area (Å²) < 4.78 is 1.01. The van der Waals surface area contributed by atoms with Crippen molar-refractivity contribution in [1.29, 1.82) is 0 Å². The predicted molar refractivity (Wildman–Crippen MR) is 95.1 cm³/mol. The minimum Gasteiger partial charge on any atom is -0.349 e. The highest BCUT2D eigenvalue weighted by molar-refractivity contribution is 9.10. The summed E-state index contributed by atoms with van der Waals surface area (Å²) in [5.74, 6) is 3.43. The topological polar surface area (TPSA) is 82.7 Å². The summed E-state index contributed by atoms with van der Waals surface area (Å²) in [5, 5.41) is 13.3. The first-order chi connectivity index (χ1) is 11.2. The number of nitrogens with zero attached hydrogens (tertiary/aromatic N) is 2. The first-order valence-corrected chi connectivity index (χ1v) is 9.40. The van der Waals surface area contributed by atoms with Gasteiger partial charge in [-0.2, -0.15) is 16.9 Å². The van der Waals surface area contributed by atoms with Crippen molar-refractivity contribution in [3.8, 4) is 11.4 Å². The third-order valence-corrected chi connectivity index (χ3v) is 5.18. The Morgan fingerprint density at radius 1 is 1.39 bits per heavy atom. The van der Waals surface area contributed by atoms with Gasteiger partial charge in [-0.3, -0.25) is 9.89 Å². The molecule has 1 saturated heterocycles. The normalized spacial score (nSPS) is 17.9. The van der Waals surface area contributed by atoms with E-state index in [0.717, 1.165) is 28.1 Å². The molecule has 0 spiro atoms. The van der Waals surface area contributed by atoms with Crippen LogP contribution in [0.4, 0.5) is 0 Å². The van der Waals surface area contributed by atoms with Gasteiger partial charge in [-0.25, -0.2) is 4.98 Å². The zero-order valence-corrected chi connectivity index (χ0v) is 14.9. The van der Waals surface area contributed by atoms with E-state index in [1.165, 1.54) is 0 Å². The summed E-state index contributed by atoms with van der Waals surface area (Å²) in [5.41, 5.74) is 0.936. The van der Waals surface area contributed by atoms with Crippen molar-refractivity contribution < 1.29 is 4.79 Å². The number of H-pyrrole nitrogens is 1. The number of hydrogen-bond donors (Lipinski definition) is 3. The van der Waals surface area contributed by atoms with Crippen LogP contribution in [-0.2, 0) is 11.3 Å². The molecule has 8 heteroatoms. The van der Waals surface area contributed by atoms with Gasteiger partial charge in [0.25, 0.3) is 0 Å². The van der Waals surface area contributed by atoms with Gasteiger partial charge >= 0.3 is 0 Å². The molecule has 1 amide bonds. The highest BCUT2D eigenvalue weighted by Crippen LogP contribution is 2.18. The quantitative estimate of drug-likeness (QED) is 0.720. The highest BCUT2D eigenvalue weighted by Gasteiger charge is 2.16. The Balaban J connectivity index is 1.50. The average molecular weight is 396 g/mol. The summed E-state index contributed by atoms with van der Waals surface area (Å²) in [6.07, 6.45) is 0.501. The van der Waals surface area contributed by atoms with E-state index in [9.17, 15) is 4.79 Å². The van der Waals surface area contributed by atoms with Gasteiger partial charge in [0.15, 0.2) is 5.82 Å². The standard InChI is InChI=1S/C15H18BrN5OS/c16-11-3-1-10(2-4-11)15-19-13(20-21-15)8-18-14(22)7-12-9-23-6-5-17-12/h1-4,12,17H,5-9H2,(H,18,22)(H,19,20,21). The van der Waals surface area contributed by atoms with E-state index >= 15 is 0 Å². The van der Waals surface area contributed by atoms with Crippen molar-refractivity contribution in [2.75, 3.05) is 18.1 Å². The van der Waals surface area contributed by atoms with Crippen LogP contribution in [0, 0.1) is 0 Å². The second-order valence-electron chi connectivity index (χ2n) is 5.32. The number of thioether (sulfide) groups is 1. The Kier molecular flexibility index (Phi) is 5.69. The van der Waals surface area contributed by atoms with Crippen molar-refractivity contribution in [3.63, 3.8) is 0 Å². The molecule has 2 heterocycles. The molecule has 1 aromatic heterocycles. The van der Waals surface area contributed by atoms with Crippen molar-refractivity contribution in [2.45, 2.75) is 19.0 Å². The lowest BCUT2D eigenvalue weighted by Gasteiger charge is -2.22. The van der Waals surface area contributed by atoms with Crippen molar-refractivity contribution in [3.05, 3.63) is 34.6 Å². The van der Waals surface area contributed by atoms with Gasteiger partial charge in [0.05, 0.1) is 6.54 Å². The Morgan fingerprint density at radius 3 is 2.96 bits per heavy atom. The summed E-state index contributed by atoms with van der Waals surface area (Å²) in [6, 6.07) is 8.05. The maximum absolute atomic E-state index is 12.0. The second kappa shape index (κ2) is 7.94. The molecule has 0 saturated carbocycles. The molecule has 122 valence electrons. The van der Waals surface area contributed by atoms with E-state index in [1.54, 1.807) is 0 Å². The SMILES string of the molecule is O=C(CC1CSCCN1)NCc1nc(-c2ccc(Br)cc2)n[nH]1. The lowest BCUT2D eigenvalue weighted by molar-refractivity contribution is -0.121. The molecule has 0 bridgehead atoms. The van der Waals surface area contributed by atoms with Crippen LogP contribution in [0.15, 0.2) is 28.7 Å². The molecule has 2 aromatic rings. The monoisotopic (exact) mass is 395 g/mol. The van der Waals surface area contributed by atoms with Gasteiger partial charge in [-0.05, 0) is 12.1 Å². The summed E-state index contributed by atoms with van der Waals surface area (Å²) in [6.45, 7) is 1.34. The van der Waals surface area contributed by atoms with Gasteiger partial charge in [0.2, 0.25) is 5.91 Å². The molecule has 3 N–H and O–H groups in total. The third kappa shape index (κ3) is 4.79. The smallest absolute Gasteiger partial charge is 0.221 e. The molecule has 1 atom stereocenters. The summed E-state index contributed by atoms with van der Waals surface area (Å²) in [7, 11) is 0. The van der Waals surface area contributed by atoms with Crippen LogP contribution in [0.25, 0.3) is 11.4 Å². The van der Waals surface area contributed by atoms with Crippen LogP contribution in [-0.4, -0.2) is 45.2 Å². The fraction of sp³-hybridized carbons (Fsp3) is 0.400. The van der Waals surface area contributed by atoms with E-state index < -0.39 is 0 Å². The molecule has 1 aliphatic heterocycles. The van der Waals surface area contributed by atoms with E-state index in [2.05, 4.69) is 41.7 Å². The fourth-order valence-electron chi connectivity index (χ4n) is 2.33. The van der Waals surface area contributed by atoms with Crippen molar-refractivity contribution in [2.24, 2.45) is 0 Å². The zero-order chi connectivity index (χ0) is 16.1. The Bertz CT molecular complexity index is 654. The minimum absolute atomic E-state index is 0.0339. The third-order valence-electron chi connectivity index (χ3n) is 3.52. The van der Waals surface area contributed by atoms with Crippen LogP contribution in [0.5, 0.6) is 0 Å². The molecule has 1 aromatic carbocycles. The van der Waals surface area contributed by atoms with Crippen molar-refractivity contribution in [1.82, 2.24) is 25.8 Å². The molecule has 23 heavy (non-hydrogen) atoms. The predicted octanol–water partition coefficient (Wildman–Crippen LogP) is 1.95. The van der Waals surface area contributed by atoms with E-state index in [4.69, 9.17) is 0 Å². The van der Waals surface area contributed by atoms with Gasteiger partial charge in [0, 0.05) is 40.5 Å². The van der Waals surface area contributed by atoms with Crippen molar-refractivity contribution >= 4 is 33.6 Å². The number of amides is 1. The summed E-state index contributed by atoms with van der Waals surface area (Å²) in [4.78, 5) is 16.4. The molecule has 1 aliphatic rings. The number of carbonyl (C=O) groups is 1. The fourth-order valence-corrected chi connectivity index (χ4v) is 3.54. The maximum atomic E-state index is 12.0. The van der Waals surface area contributed by atoms with Gasteiger partial charge in [0.1, 0.15) is 5.82 Å². The molecule has 0 aliphatic carbocycles. The molecule has 3 rings (SSSR count). The number of aromatic nitrogens is 3. The van der Waals surface area contributed by atoms with Crippen LogP contribution in [0.2, 0.25) is 0 Å². The molecule has 1 fully saturated rings. The van der Waals surface area contributed by atoms with Gasteiger partial charge < -0.3 is 10.6 Å². The van der Waals surface area contributed by atoms with Crippen LogP contribution < -0.4 is 10.6 Å². The van der Waals surface area contributed by atoms with E-state index in [-0.39, 0.29) is 11.9 Å². The summed E-state index contributed by atoms with van der Waals surface area (Å²) >= 11 is 5.29. The largest absolute Gasteiger partial charge is 0.349 e. The van der Waals surface area contributed by atoms with E-state index in [0.29, 0.717) is 24.6 Å². The minimum atomic E-state index is 0.0339. The van der Waals surface area contributed by atoms with Crippen LogP contribution >= 0.6 is 27.7 Å². The number of benzene rings is 1. The van der Waals surface area contributed by atoms with Crippen LogP contribution in [0.3, 0.4) is 0 Å². The number of nitrogens with one attached hydrogen (secondary N) is 3. The Hall–Kier alpha value is -1.38. The van der Waals surface area contributed by atoms with Gasteiger partial charge in [-0.1, -0.05) is 28.1 Å².